The van der Waals surface area contributed by atoms with Crippen LogP contribution in [0.1, 0.15) is 16.1 Å². The first-order chi connectivity index (χ1) is 7.00. The largest absolute Gasteiger partial charge is 0.490 e. The van der Waals surface area contributed by atoms with Crippen LogP contribution in [0.5, 0.6) is 0 Å². The average Bonchev–Trinajstić information content (AvgIpc) is 2.46. The van der Waals surface area contributed by atoms with Gasteiger partial charge in [0.15, 0.2) is 0 Å². The third kappa shape index (κ3) is 1.67. The monoisotopic (exact) mass is 221 g/mol. The van der Waals surface area contributed by atoms with Gasteiger partial charge in [0.25, 0.3) is 0 Å². The molecule has 0 aliphatic carbocycles. The number of nitrogens with zero attached hydrogens (tertiary/aromatic N) is 1. The molecule has 0 amide bonds. The molecule has 0 saturated carbocycles. The molecule has 3 nitrogen and oxygen atoms in total. The molecule has 0 spiro atoms. The van der Waals surface area contributed by atoms with Crippen LogP contribution in [0.25, 0.3) is 10.2 Å². The molecular weight excluding hydrogens is 209 g/mol. The Labute approximate surface area is 92.5 Å². The van der Waals surface area contributed by atoms with Crippen molar-refractivity contribution in [2.75, 3.05) is 0 Å². The highest BCUT2D eigenvalue weighted by Gasteiger charge is 2.21. The zero-order chi connectivity index (χ0) is 11.2. The summed E-state index contributed by atoms with van der Waals surface area (Å²) >= 11 is 1.57. The molecule has 0 saturated heterocycles. The zero-order valence-electron chi connectivity index (χ0n) is 8.90. The van der Waals surface area contributed by atoms with E-state index in [9.17, 15) is 10.0 Å². The number of aryl methyl sites for hydroxylation is 2. The number of aromatic nitrogens is 1. The van der Waals surface area contributed by atoms with Crippen LogP contribution in [-0.2, 0) is 0 Å². The molecule has 78 valence electrons. The van der Waals surface area contributed by atoms with Crippen LogP contribution in [-0.4, -0.2) is 22.2 Å². The minimum Gasteiger partial charge on any atom is -0.423 e. The Morgan fingerprint density at radius 3 is 2.53 bits per heavy atom. The lowest BCUT2D eigenvalue weighted by atomic mass is 9.75. The van der Waals surface area contributed by atoms with E-state index in [4.69, 9.17) is 0 Å². The maximum atomic E-state index is 9.36. The van der Waals surface area contributed by atoms with Gasteiger partial charge in [0.05, 0.1) is 15.2 Å². The van der Waals surface area contributed by atoms with E-state index in [1.54, 1.807) is 11.3 Å². The fourth-order valence-corrected chi connectivity index (χ4v) is 2.69. The van der Waals surface area contributed by atoms with Crippen molar-refractivity contribution in [3.63, 3.8) is 0 Å². The summed E-state index contributed by atoms with van der Waals surface area (Å²) in [5, 5.41) is 19.7. The van der Waals surface area contributed by atoms with Crippen LogP contribution < -0.4 is 5.46 Å². The molecular formula is C10H12BNO2S. The quantitative estimate of drug-likeness (QED) is 0.703. The maximum absolute atomic E-state index is 9.36. The number of benzene rings is 1. The maximum Gasteiger partial charge on any atom is 0.490 e. The van der Waals surface area contributed by atoms with Crippen molar-refractivity contribution in [1.29, 1.82) is 0 Å². The highest BCUT2D eigenvalue weighted by Crippen LogP contribution is 2.23. The number of hydrogen-bond acceptors (Lipinski definition) is 4. The van der Waals surface area contributed by atoms with Gasteiger partial charge in [-0.2, -0.15) is 0 Å². The van der Waals surface area contributed by atoms with Crippen LogP contribution in [0.4, 0.5) is 0 Å². The molecule has 0 radical (unpaired) electrons. The van der Waals surface area contributed by atoms with E-state index in [1.807, 2.05) is 26.8 Å². The third-order valence-corrected chi connectivity index (χ3v) is 3.53. The minimum atomic E-state index is -1.45. The predicted molar refractivity (Wildman–Crippen MR) is 63.7 cm³/mol. The summed E-state index contributed by atoms with van der Waals surface area (Å²) in [7, 11) is -1.45. The summed E-state index contributed by atoms with van der Waals surface area (Å²) in [5.41, 5.74) is 3.22. The van der Waals surface area contributed by atoms with Gasteiger partial charge in [0, 0.05) is 5.46 Å². The number of rotatable bonds is 1. The van der Waals surface area contributed by atoms with Crippen molar-refractivity contribution in [3.05, 3.63) is 22.2 Å². The Hall–Kier alpha value is -0.905. The second-order valence-electron chi connectivity index (χ2n) is 3.69. The molecule has 0 bridgehead atoms. The van der Waals surface area contributed by atoms with Crippen molar-refractivity contribution < 1.29 is 10.0 Å². The Kier molecular flexibility index (Phi) is 2.54. The van der Waals surface area contributed by atoms with Crippen molar-refractivity contribution >= 4 is 34.1 Å². The minimum absolute atomic E-state index is 0.536. The Morgan fingerprint density at radius 2 is 1.93 bits per heavy atom. The summed E-state index contributed by atoms with van der Waals surface area (Å²) in [4.78, 5) is 4.33. The van der Waals surface area contributed by atoms with Gasteiger partial charge < -0.3 is 10.0 Å². The highest BCUT2D eigenvalue weighted by molar-refractivity contribution is 7.18. The molecule has 2 aromatic rings. The standard InChI is InChI=1S/C10H12BNO2S/c1-5-4-8-10(12-7(3)15-8)9(6(5)2)11(13)14/h4,13-14H,1-3H3. The fraction of sp³-hybridized carbons (Fsp3) is 0.300. The van der Waals surface area contributed by atoms with Gasteiger partial charge in [-0.05, 0) is 38.0 Å². The number of hydrogen-bond donors (Lipinski definition) is 2. The highest BCUT2D eigenvalue weighted by atomic mass is 32.1. The zero-order valence-corrected chi connectivity index (χ0v) is 9.72. The average molecular weight is 221 g/mol. The first-order valence-corrected chi connectivity index (χ1v) is 5.55. The summed E-state index contributed by atoms with van der Waals surface area (Å²) in [6.07, 6.45) is 0. The molecule has 2 rings (SSSR count). The van der Waals surface area contributed by atoms with Gasteiger partial charge in [0.2, 0.25) is 0 Å². The van der Waals surface area contributed by atoms with Crippen molar-refractivity contribution in [1.82, 2.24) is 4.98 Å². The van der Waals surface area contributed by atoms with Gasteiger partial charge in [0.1, 0.15) is 0 Å². The van der Waals surface area contributed by atoms with E-state index < -0.39 is 7.12 Å². The van der Waals surface area contributed by atoms with Crippen LogP contribution >= 0.6 is 11.3 Å². The number of thiazole rings is 1. The summed E-state index contributed by atoms with van der Waals surface area (Å²) in [6, 6.07) is 2.04. The lowest BCUT2D eigenvalue weighted by molar-refractivity contribution is 0.426. The Balaban J connectivity index is 2.88. The molecule has 1 heterocycles. The molecule has 0 aliphatic rings. The molecule has 0 fully saturated rings. The molecule has 15 heavy (non-hydrogen) atoms. The van der Waals surface area contributed by atoms with E-state index in [2.05, 4.69) is 4.98 Å². The third-order valence-electron chi connectivity index (χ3n) is 2.62. The molecule has 0 unspecified atom stereocenters. The van der Waals surface area contributed by atoms with Crippen LogP contribution in [0.3, 0.4) is 0 Å². The van der Waals surface area contributed by atoms with E-state index in [0.29, 0.717) is 5.46 Å². The topological polar surface area (TPSA) is 53.4 Å². The van der Waals surface area contributed by atoms with Crippen LogP contribution in [0.2, 0.25) is 0 Å². The molecule has 1 aromatic heterocycles. The van der Waals surface area contributed by atoms with Gasteiger partial charge >= 0.3 is 7.12 Å². The normalized spacial score (nSPS) is 11.0. The van der Waals surface area contributed by atoms with Gasteiger partial charge in [-0.25, -0.2) is 4.98 Å². The van der Waals surface area contributed by atoms with Crippen molar-refractivity contribution in [2.45, 2.75) is 20.8 Å². The van der Waals surface area contributed by atoms with Crippen LogP contribution in [0.15, 0.2) is 6.07 Å². The smallest absolute Gasteiger partial charge is 0.423 e. The fourth-order valence-electron chi connectivity index (χ4n) is 1.74. The molecule has 2 N–H and O–H groups in total. The molecule has 0 aliphatic heterocycles. The summed E-state index contributed by atoms with van der Waals surface area (Å²) < 4.78 is 1.01. The lowest BCUT2D eigenvalue weighted by Gasteiger charge is -2.08. The molecule has 1 aromatic carbocycles. The van der Waals surface area contributed by atoms with Crippen molar-refractivity contribution in [2.24, 2.45) is 0 Å². The van der Waals surface area contributed by atoms with Gasteiger partial charge in [-0.15, -0.1) is 11.3 Å². The summed E-state index contributed by atoms with van der Waals surface area (Å²) in [6.45, 7) is 5.77. The van der Waals surface area contributed by atoms with E-state index in [0.717, 1.165) is 26.4 Å². The van der Waals surface area contributed by atoms with E-state index in [-0.39, 0.29) is 0 Å². The SMILES string of the molecule is Cc1nc2c(B(O)O)c(C)c(C)cc2s1. The lowest BCUT2D eigenvalue weighted by Crippen LogP contribution is -2.33. The van der Waals surface area contributed by atoms with Crippen LogP contribution in [0, 0.1) is 20.8 Å². The summed E-state index contributed by atoms with van der Waals surface area (Å²) in [5.74, 6) is 0. The number of fused-ring (bicyclic) bond motifs is 1. The van der Waals surface area contributed by atoms with Crippen molar-refractivity contribution in [3.8, 4) is 0 Å². The molecule has 0 atom stereocenters. The Bertz CT molecular complexity index is 522. The Morgan fingerprint density at radius 1 is 1.27 bits per heavy atom. The first kappa shape index (κ1) is 10.6. The van der Waals surface area contributed by atoms with Gasteiger partial charge in [-0.3, -0.25) is 0 Å². The second-order valence-corrected chi connectivity index (χ2v) is 4.92. The second kappa shape index (κ2) is 3.59. The molecule has 5 heteroatoms. The predicted octanol–water partition coefficient (Wildman–Crippen LogP) is 0.901. The van der Waals surface area contributed by atoms with Gasteiger partial charge in [-0.1, -0.05) is 0 Å². The van der Waals surface area contributed by atoms with E-state index in [1.165, 1.54) is 0 Å². The first-order valence-electron chi connectivity index (χ1n) is 4.74. The van der Waals surface area contributed by atoms with E-state index >= 15 is 0 Å².